The maximum atomic E-state index is 12.6. The molecule has 6 nitrogen and oxygen atoms in total. The second kappa shape index (κ2) is 8.67. The van der Waals surface area contributed by atoms with Crippen LogP contribution in [0, 0.1) is 0 Å². The van der Waals surface area contributed by atoms with E-state index in [-0.39, 0.29) is 23.1 Å². The van der Waals surface area contributed by atoms with Crippen LogP contribution in [-0.4, -0.2) is 29.4 Å². The van der Waals surface area contributed by atoms with Crippen LogP contribution < -0.4 is 15.4 Å². The average Bonchev–Trinajstić information content (AvgIpc) is 2.99. The smallest absolute Gasteiger partial charge is 0.286 e. The molecule has 28 heavy (non-hydrogen) atoms. The number of hydrogen-bond donors (Lipinski definition) is 2. The van der Waals surface area contributed by atoms with E-state index in [0.717, 1.165) is 22.9 Å². The summed E-state index contributed by atoms with van der Waals surface area (Å²) in [6, 6.07) is 12.2. The topological polar surface area (TPSA) is 84.5 Å². The van der Waals surface area contributed by atoms with Crippen LogP contribution in [0.25, 0.3) is 0 Å². The fraction of sp³-hybridized carbons (Fsp3) is 0.250. The van der Waals surface area contributed by atoms with Crippen LogP contribution in [0.15, 0.2) is 42.5 Å². The van der Waals surface area contributed by atoms with Crippen molar-refractivity contribution in [3.05, 3.63) is 64.2 Å². The highest BCUT2D eigenvalue weighted by Crippen LogP contribution is 2.25. The Hall–Kier alpha value is -2.51. The standard InChI is InChI=1S/C20H19ClN2O4S/c1-11(22-18(24)15-10-14(21)7-8-16(15)27-2)13-5-3-12(4-6-13)9-17-19(25)23-20(26)28-17/h3-8,10-11,17H,9H2,1-2H3,(H,22,24)(H,23,25,26). The van der Waals surface area contributed by atoms with Gasteiger partial charge in [-0.25, -0.2) is 0 Å². The summed E-state index contributed by atoms with van der Waals surface area (Å²) in [7, 11) is 1.50. The monoisotopic (exact) mass is 418 g/mol. The molecule has 0 spiro atoms. The molecule has 0 bridgehead atoms. The Labute approximate surface area is 172 Å². The number of thioether (sulfide) groups is 1. The summed E-state index contributed by atoms with van der Waals surface area (Å²) >= 11 is 7.00. The van der Waals surface area contributed by atoms with Crippen molar-refractivity contribution in [3.63, 3.8) is 0 Å². The Balaban J connectivity index is 1.65. The first-order valence-electron chi connectivity index (χ1n) is 8.62. The minimum atomic E-state index is -0.397. The lowest BCUT2D eigenvalue weighted by Crippen LogP contribution is -2.27. The molecule has 2 aromatic carbocycles. The van der Waals surface area contributed by atoms with E-state index < -0.39 is 5.25 Å². The van der Waals surface area contributed by atoms with Gasteiger partial charge < -0.3 is 10.1 Å². The number of nitrogens with one attached hydrogen (secondary N) is 2. The third-order valence-electron chi connectivity index (χ3n) is 4.42. The van der Waals surface area contributed by atoms with Crippen LogP contribution in [0.5, 0.6) is 5.75 Å². The lowest BCUT2D eigenvalue weighted by molar-refractivity contribution is -0.118. The van der Waals surface area contributed by atoms with E-state index in [1.54, 1.807) is 18.2 Å². The van der Waals surface area contributed by atoms with E-state index in [2.05, 4.69) is 10.6 Å². The van der Waals surface area contributed by atoms with Gasteiger partial charge in [0, 0.05) is 5.02 Å². The van der Waals surface area contributed by atoms with Gasteiger partial charge in [0.2, 0.25) is 5.91 Å². The maximum absolute atomic E-state index is 12.6. The summed E-state index contributed by atoms with van der Waals surface area (Å²) < 4.78 is 5.23. The van der Waals surface area contributed by atoms with Crippen LogP contribution in [0.3, 0.4) is 0 Å². The largest absolute Gasteiger partial charge is 0.496 e. The molecule has 146 valence electrons. The van der Waals surface area contributed by atoms with Crippen LogP contribution in [-0.2, 0) is 11.2 Å². The molecule has 2 aromatic rings. The molecule has 2 N–H and O–H groups in total. The summed E-state index contributed by atoms with van der Waals surface area (Å²) in [5.41, 5.74) is 2.23. The summed E-state index contributed by atoms with van der Waals surface area (Å²) in [5.74, 6) is -0.0880. The number of amides is 3. The van der Waals surface area contributed by atoms with Crippen molar-refractivity contribution in [1.82, 2.24) is 10.6 Å². The SMILES string of the molecule is COc1ccc(Cl)cc1C(=O)NC(C)c1ccc(CC2SC(=O)NC2=O)cc1. The Bertz CT molecular complexity index is 917. The quantitative estimate of drug-likeness (QED) is 0.746. The van der Waals surface area contributed by atoms with Gasteiger partial charge in [0.1, 0.15) is 5.75 Å². The Morgan fingerprint density at radius 3 is 2.57 bits per heavy atom. The molecule has 8 heteroatoms. The lowest BCUT2D eigenvalue weighted by atomic mass is 10.0. The Kier molecular flexibility index (Phi) is 6.26. The number of carbonyl (C=O) groups excluding carboxylic acids is 3. The molecule has 1 saturated heterocycles. The van der Waals surface area contributed by atoms with Crippen molar-refractivity contribution < 1.29 is 19.1 Å². The van der Waals surface area contributed by atoms with Crippen molar-refractivity contribution in [2.45, 2.75) is 24.6 Å². The molecule has 0 aromatic heterocycles. The summed E-state index contributed by atoms with van der Waals surface area (Å²) in [5, 5.41) is 4.96. The highest BCUT2D eigenvalue weighted by molar-refractivity contribution is 8.15. The molecular weight excluding hydrogens is 400 g/mol. The van der Waals surface area contributed by atoms with Crippen LogP contribution in [0.4, 0.5) is 4.79 Å². The second-order valence-electron chi connectivity index (χ2n) is 6.37. The second-order valence-corrected chi connectivity index (χ2v) is 7.98. The Morgan fingerprint density at radius 1 is 1.25 bits per heavy atom. The minimum absolute atomic E-state index is 0.240. The molecule has 0 radical (unpaired) electrons. The molecule has 2 unspecified atom stereocenters. The van der Waals surface area contributed by atoms with E-state index in [1.807, 2.05) is 31.2 Å². The fourth-order valence-electron chi connectivity index (χ4n) is 2.90. The molecule has 3 rings (SSSR count). The summed E-state index contributed by atoms with van der Waals surface area (Å²) in [6.45, 7) is 1.88. The van der Waals surface area contributed by atoms with E-state index in [1.165, 1.54) is 7.11 Å². The summed E-state index contributed by atoms with van der Waals surface area (Å²) in [4.78, 5) is 35.5. The highest BCUT2D eigenvalue weighted by Gasteiger charge is 2.31. The number of benzene rings is 2. The predicted molar refractivity (Wildman–Crippen MR) is 109 cm³/mol. The van der Waals surface area contributed by atoms with E-state index in [4.69, 9.17) is 16.3 Å². The number of rotatable bonds is 6. The molecule has 1 fully saturated rings. The Morgan fingerprint density at radius 2 is 1.96 bits per heavy atom. The first-order chi connectivity index (χ1) is 13.4. The van der Waals surface area contributed by atoms with Gasteiger partial charge in [0.25, 0.3) is 11.1 Å². The van der Waals surface area contributed by atoms with Crippen molar-refractivity contribution in [3.8, 4) is 5.75 Å². The zero-order chi connectivity index (χ0) is 20.3. The number of imide groups is 1. The highest BCUT2D eigenvalue weighted by atomic mass is 35.5. The van der Waals surface area contributed by atoms with Gasteiger partial charge >= 0.3 is 0 Å². The molecule has 0 aliphatic carbocycles. The van der Waals surface area contributed by atoms with Gasteiger partial charge in [-0.3, -0.25) is 19.7 Å². The van der Waals surface area contributed by atoms with Gasteiger partial charge in [-0.05, 0) is 42.7 Å². The van der Waals surface area contributed by atoms with E-state index >= 15 is 0 Å². The molecule has 1 aliphatic heterocycles. The van der Waals surface area contributed by atoms with Crippen molar-refractivity contribution in [2.24, 2.45) is 0 Å². The van der Waals surface area contributed by atoms with E-state index in [9.17, 15) is 14.4 Å². The normalized spacial score (nSPS) is 17.2. The number of halogens is 1. The predicted octanol–water partition coefficient (Wildman–Crippen LogP) is 3.73. The van der Waals surface area contributed by atoms with Crippen molar-refractivity contribution in [1.29, 1.82) is 0 Å². The first-order valence-corrected chi connectivity index (χ1v) is 9.88. The molecule has 1 heterocycles. The number of methoxy groups -OCH3 is 1. The molecule has 3 amide bonds. The third-order valence-corrected chi connectivity index (χ3v) is 5.64. The van der Waals surface area contributed by atoms with Crippen LogP contribution in [0.1, 0.15) is 34.5 Å². The van der Waals surface area contributed by atoms with E-state index in [0.29, 0.717) is 22.8 Å². The lowest BCUT2D eigenvalue weighted by Gasteiger charge is -2.16. The third kappa shape index (κ3) is 4.66. The van der Waals surface area contributed by atoms with Crippen LogP contribution in [0.2, 0.25) is 5.02 Å². The molecule has 2 atom stereocenters. The van der Waals surface area contributed by atoms with Gasteiger partial charge in [-0.1, -0.05) is 47.6 Å². The van der Waals surface area contributed by atoms with Gasteiger partial charge in [-0.15, -0.1) is 0 Å². The molecule has 1 aliphatic rings. The van der Waals surface area contributed by atoms with Gasteiger partial charge in [0.05, 0.1) is 24.0 Å². The van der Waals surface area contributed by atoms with Crippen molar-refractivity contribution >= 4 is 40.4 Å². The first kappa shape index (κ1) is 20.2. The summed E-state index contributed by atoms with van der Waals surface area (Å²) in [6.07, 6.45) is 0.475. The minimum Gasteiger partial charge on any atom is -0.496 e. The molecule has 0 saturated carbocycles. The van der Waals surface area contributed by atoms with Crippen molar-refractivity contribution in [2.75, 3.05) is 7.11 Å². The van der Waals surface area contributed by atoms with Gasteiger partial charge in [0.15, 0.2) is 0 Å². The number of hydrogen-bond acceptors (Lipinski definition) is 5. The average molecular weight is 419 g/mol. The fourth-order valence-corrected chi connectivity index (χ4v) is 3.93. The zero-order valence-electron chi connectivity index (χ0n) is 15.3. The van der Waals surface area contributed by atoms with Crippen LogP contribution >= 0.6 is 23.4 Å². The zero-order valence-corrected chi connectivity index (χ0v) is 16.9. The number of carbonyl (C=O) groups is 3. The van der Waals surface area contributed by atoms with Gasteiger partial charge in [-0.2, -0.15) is 0 Å². The molecular formula is C20H19ClN2O4S. The maximum Gasteiger partial charge on any atom is 0.286 e. The number of ether oxygens (including phenoxy) is 1.